The molecule has 1 heterocycles. The lowest BCUT2D eigenvalue weighted by atomic mass is 10.0. The van der Waals surface area contributed by atoms with Crippen LogP contribution in [0.15, 0.2) is 29.3 Å². The Bertz CT molecular complexity index is 675. The van der Waals surface area contributed by atoms with Crippen LogP contribution in [-0.4, -0.2) is 69.2 Å². The first-order valence-corrected chi connectivity index (χ1v) is 11.7. The van der Waals surface area contributed by atoms with E-state index in [0.29, 0.717) is 24.1 Å². The second-order valence-electron chi connectivity index (χ2n) is 8.54. The Morgan fingerprint density at radius 2 is 1.81 bits per heavy atom. The van der Waals surface area contributed by atoms with E-state index in [1.54, 1.807) is 7.05 Å². The van der Waals surface area contributed by atoms with Gasteiger partial charge in [0.15, 0.2) is 5.96 Å². The molecule has 182 valence electrons. The molecule has 1 aromatic rings. The molecular weight excluding hydrogens is 517 g/mol. The van der Waals surface area contributed by atoms with Crippen molar-refractivity contribution in [3.05, 3.63) is 35.4 Å². The number of carbonyl (C=O) groups is 1. The highest BCUT2D eigenvalue weighted by Crippen LogP contribution is 2.13. The zero-order valence-corrected chi connectivity index (χ0v) is 22.5. The number of amides is 1. The van der Waals surface area contributed by atoms with Gasteiger partial charge in [-0.3, -0.25) is 14.7 Å². The number of benzene rings is 1. The molecule has 32 heavy (non-hydrogen) atoms. The van der Waals surface area contributed by atoms with Gasteiger partial charge in [-0.05, 0) is 36.5 Å². The van der Waals surface area contributed by atoms with Crippen molar-refractivity contribution in [1.82, 2.24) is 20.9 Å². The summed E-state index contributed by atoms with van der Waals surface area (Å²) in [7, 11) is 1.80. The van der Waals surface area contributed by atoms with Gasteiger partial charge in [-0.15, -0.1) is 24.0 Å². The van der Waals surface area contributed by atoms with Gasteiger partial charge in [-0.25, -0.2) is 0 Å². The molecule has 1 unspecified atom stereocenters. The van der Waals surface area contributed by atoms with Crippen LogP contribution in [0.3, 0.4) is 0 Å². The molecule has 0 aromatic heterocycles. The first-order valence-electron chi connectivity index (χ1n) is 11.7. The van der Waals surface area contributed by atoms with Crippen LogP contribution in [0.2, 0.25) is 0 Å². The average molecular weight is 560 g/mol. The summed E-state index contributed by atoms with van der Waals surface area (Å²) in [5.41, 5.74) is 1.81. The van der Waals surface area contributed by atoms with Crippen molar-refractivity contribution in [2.45, 2.75) is 52.6 Å². The molecule has 0 bridgehead atoms. The normalized spacial score (nSPS) is 15.7. The van der Waals surface area contributed by atoms with E-state index in [2.05, 4.69) is 46.6 Å². The van der Waals surface area contributed by atoms with E-state index in [4.69, 9.17) is 4.74 Å². The number of halogens is 1. The van der Waals surface area contributed by atoms with Crippen LogP contribution in [0.4, 0.5) is 0 Å². The SMILES string of the molecule is CCCCNC(=O)c1ccc(CNC(=NC)NCC(CC(C)C)N2CCOCC2)cc1.I. The monoisotopic (exact) mass is 559 g/mol. The van der Waals surface area contributed by atoms with Crippen LogP contribution in [0, 0.1) is 5.92 Å². The maximum absolute atomic E-state index is 12.1. The molecule has 1 atom stereocenters. The standard InChI is InChI=1S/C24H41N5O2.HI/c1-5-6-11-26-23(30)21-9-7-20(8-10-21)17-27-24(25-4)28-18-22(16-19(2)3)29-12-14-31-15-13-29;/h7-10,19,22H,5-6,11-18H2,1-4H3,(H,26,30)(H2,25,27,28);1H. The lowest BCUT2D eigenvalue weighted by Gasteiger charge is -2.35. The summed E-state index contributed by atoms with van der Waals surface area (Å²) in [6.07, 6.45) is 3.22. The van der Waals surface area contributed by atoms with Crippen LogP contribution in [0.25, 0.3) is 0 Å². The fourth-order valence-electron chi connectivity index (χ4n) is 3.72. The first-order chi connectivity index (χ1) is 15.0. The molecule has 1 fully saturated rings. The van der Waals surface area contributed by atoms with E-state index in [1.807, 2.05) is 24.3 Å². The van der Waals surface area contributed by atoms with Crippen LogP contribution in [-0.2, 0) is 11.3 Å². The van der Waals surface area contributed by atoms with E-state index in [1.165, 1.54) is 0 Å². The Kier molecular flexibility index (Phi) is 14.6. The van der Waals surface area contributed by atoms with Gasteiger partial charge in [-0.2, -0.15) is 0 Å². The largest absolute Gasteiger partial charge is 0.379 e. The highest BCUT2D eigenvalue weighted by molar-refractivity contribution is 14.0. The molecule has 3 N–H and O–H groups in total. The number of nitrogens with zero attached hydrogens (tertiary/aromatic N) is 2. The number of ether oxygens (including phenoxy) is 1. The Morgan fingerprint density at radius 3 is 2.41 bits per heavy atom. The van der Waals surface area contributed by atoms with Crippen LogP contribution in [0.1, 0.15) is 56.0 Å². The second kappa shape index (κ2) is 16.3. The Morgan fingerprint density at radius 1 is 1.12 bits per heavy atom. The first kappa shape index (κ1) is 28.6. The third-order valence-electron chi connectivity index (χ3n) is 5.53. The molecule has 1 amide bonds. The number of hydrogen-bond donors (Lipinski definition) is 3. The van der Waals surface area contributed by atoms with Gasteiger partial charge >= 0.3 is 0 Å². The summed E-state index contributed by atoms with van der Waals surface area (Å²) in [4.78, 5) is 19.0. The van der Waals surface area contributed by atoms with Gasteiger partial charge in [0.05, 0.1) is 13.2 Å². The van der Waals surface area contributed by atoms with Gasteiger partial charge < -0.3 is 20.7 Å². The van der Waals surface area contributed by atoms with E-state index in [-0.39, 0.29) is 29.9 Å². The van der Waals surface area contributed by atoms with Crippen molar-refractivity contribution in [2.24, 2.45) is 10.9 Å². The second-order valence-corrected chi connectivity index (χ2v) is 8.54. The van der Waals surface area contributed by atoms with Gasteiger partial charge in [0, 0.05) is 51.4 Å². The molecule has 1 aliphatic heterocycles. The molecule has 0 radical (unpaired) electrons. The Hall–Kier alpha value is -1.39. The fraction of sp³-hybridized carbons (Fsp3) is 0.667. The van der Waals surface area contributed by atoms with Crippen molar-refractivity contribution < 1.29 is 9.53 Å². The number of carbonyl (C=O) groups excluding carboxylic acids is 1. The molecule has 2 rings (SSSR count). The van der Waals surface area contributed by atoms with Crippen molar-refractivity contribution in [2.75, 3.05) is 46.4 Å². The minimum absolute atomic E-state index is 0. The van der Waals surface area contributed by atoms with Crippen molar-refractivity contribution in [3.63, 3.8) is 0 Å². The molecule has 8 heteroatoms. The molecule has 0 saturated carbocycles. The molecule has 0 spiro atoms. The van der Waals surface area contributed by atoms with Crippen molar-refractivity contribution in [1.29, 1.82) is 0 Å². The number of aliphatic imine (C=N–C) groups is 1. The predicted octanol–water partition coefficient (Wildman–Crippen LogP) is 3.25. The van der Waals surface area contributed by atoms with Crippen LogP contribution in [0.5, 0.6) is 0 Å². The van der Waals surface area contributed by atoms with E-state index in [0.717, 1.165) is 70.2 Å². The number of guanidine groups is 1. The summed E-state index contributed by atoms with van der Waals surface area (Å²) < 4.78 is 5.51. The fourth-order valence-corrected chi connectivity index (χ4v) is 3.72. The quantitative estimate of drug-likeness (QED) is 0.168. The lowest BCUT2D eigenvalue weighted by molar-refractivity contribution is 0.0132. The lowest BCUT2D eigenvalue weighted by Crippen LogP contribution is -2.50. The summed E-state index contributed by atoms with van der Waals surface area (Å²) in [5, 5.41) is 9.83. The summed E-state index contributed by atoms with van der Waals surface area (Å²) >= 11 is 0. The van der Waals surface area contributed by atoms with Gasteiger partial charge in [0.2, 0.25) is 0 Å². The summed E-state index contributed by atoms with van der Waals surface area (Å²) in [6, 6.07) is 8.21. The molecule has 1 aromatic carbocycles. The number of nitrogens with one attached hydrogen (secondary N) is 3. The minimum atomic E-state index is -0.00950. The number of rotatable bonds is 11. The minimum Gasteiger partial charge on any atom is -0.379 e. The maximum atomic E-state index is 12.1. The zero-order chi connectivity index (χ0) is 22.5. The molecule has 1 aliphatic rings. The number of unbranched alkanes of at least 4 members (excludes halogenated alkanes) is 1. The van der Waals surface area contributed by atoms with Gasteiger partial charge in [0.25, 0.3) is 5.91 Å². The number of morpholine rings is 1. The Balaban J connectivity index is 0.00000512. The third kappa shape index (κ3) is 10.5. The van der Waals surface area contributed by atoms with E-state index < -0.39 is 0 Å². The highest BCUT2D eigenvalue weighted by Gasteiger charge is 2.22. The van der Waals surface area contributed by atoms with E-state index in [9.17, 15) is 4.79 Å². The molecule has 1 saturated heterocycles. The van der Waals surface area contributed by atoms with Gasteiger partial charge in [0.1, 0.15) is 0 Å². The molecular formula is C24H42IN5O2. The highest BCUT2D eigenvalue weighted by atomic mass is 127. The van der Waals surface area contributed by atoms with Crippen LogP contribution >= 0.6 is 24.0 Å². The smallest absolute Gasteiger partial charge is 0.251 e. The van der Waals surface area contributed by atoms with Crippen molar-refractivity contribution >= 4 is 35.8 Å². The summed E-state index contributed by atoms with van der Waals surface area (Å²) in [6.45, 7) is 12.5. The van der Waals surface area contributed by atoms with Crippen molar-refractivity contribution in [3.8, 4) is 0 Å². The molecule has 7 nitrogen and oxygen atoms in total. The topological polar surface area (TPSA) is 78.0 Å². The van der Waals surface area contributed by atoms with Gasteiger partial charge in [-0.1, -0.05) is 39.3 Å². The average Bonchev–Trinajstić information content (AvgIpc) is 2.79. The number of hydrogen-bond acceptors (Lipinski definition) is 4. The third-order valence-corrected chi connectivity index (χ3v) is 5.53. The van der Waals surface area contributed by atoms with E-state index >= 15 is 0 Å². The maximum Gasteiger partial charge on any atom is 0.251 e. The Labute approximate surface area is 211 Å². The zero-order valence-electron chi connectivity index (χ0n) is 20.2. The van der Waals surface area contributed by atoms with Crippen LogP contribution < -0.4 is 16.0 Å². The summed E-state index contributed by atoms with van der Waals surface area (Å²) in [5.74, 6) is 1.43. The molecule has 0 aliphatic carbocycles. The predicted molar refractivity (Wildman–Crippen MR) is 143 cm³/mol.